The summed E-state index contributed by atoms with van der Waals surface area (Å²) in [5.74, 6) is -0.157. The zero-order chi connectivity index (χ0) is 13.0. The van der Waals surface area contributed by atoms with Gasteiger partial charge in [0.15, 0.2) is 0 Å². The Morgan fingerprint density at radius 1 is 1.33 bits per heavy atom. The maximum Gasteiger partial charge on any atom is 0.123 e. The van der Waals surface area contributed by atoms with Crippen LogP contribution in [0.15, 0.2) is 24.3 Å². The summed E-state index contributed by atoms with van der Waals surface area (Å²) in [7, 11) is 0. The van der Waals surface area contributed by atoms with Gasteiger partial charge in [0.2, 0.25) is 0 Å². The minimum absolute atomic E-state index is 0.157. The van der Waals surface area contributed by atoms with E-state index in [0.717, 1.165) is 19.5 Å². The average Bonchev–Trinajstić information content (AvgIpc) is 2.81. The molecule has 1 unspecified atom stereocenters. The molecule has 0 amide bonds. The van der Waals surface area contributed by atoms with E-state index in [9.17, 15) is 4.39 Å². The summed E-state index contributed by atoms with van der Waals surface area (Å²) in [6.07, 6.45) is 2.21. The standard InChI is InChI=1S/C15H23FN2/c1-12(2)18-10-8-15(11-18)17-9-7-13-3-5-14(16)6-4-13/h3-6,12,15,17H,7-11H2,1-2H3. The van der Waals surface area contributed by atoms with Gasteiger partial charge in [0.25, 0.3) is 0 Å². The average molecular weight is 250 g/mol. The van der Waals surface area contributed by atoms with Gasteiger partial charge in [-0.05, 0) is 57.5 Å². The molecule has 1 heterocycles. The Balaban J connectivity index is 1.68. The van der Waals surface area contributed by atoms with Crippen LogP contribution in [0.25, 0.3) is 0 Å². The number of nitrogens with one attached hydrogen (secondary N) is 1. The quantitative estimate of drug-likeness (QED) is 0.863. The van der Waals surface area contributed by atoms with Gasteiger partial charge in [-0.2, -0.15) is 0 Å². The highest BCUT2D eigenvalue weighted by Gasteiger charge is 2.23. The lowest BCUT2D eigenvalue weighted by molar-refractivity contribution is 0.268. The Kier molecular flexibility index (Phi) is 4.72. The summed E-state index contributed by atoms with van der Waals surface area (Å²) >= 11 is 0. The van der Waals surface area contributed by atoms with Crippen LogP contribution in [0.2, 0.25) is 0 Å². The van der Waals surface area contributed by atoms with Gasteiger partial charge < -0.3 is 5.32 Å². The molecule has 1 N–H and O–H groups in total. The number of nitrogens with zero attached hydrogens (tertiary/aromatic N) is 1. The first-order valence-electron chi connectivity index (χ1n) is 6.87. The van der Waals surface area contributed by atoms with E-state index in [-0.39, 0.29) is 5.82 Å². The smallest absolute Gasteiger partial charge is 0.123 e. The van der Waals surface area contributed by atoms with Crippen molar-refractivity contribution in [3.63, 3.8) is 0 Å². The van der Waals surface area contributed by atoms with Crippen LogP contribution in [0.4, 0.5) is 4.39 Å². The Hall–Kier alpha value is -0.930. The van der Waals surface area contributed by atoms with Gasteiger partial charge in [-0.25, -0.2) is 4.39 Å². The van der Waals surface area contributed by atoms with Crippen molar-refractivity contribution < 1.29 is 4.39 Å². The Labute approximate surface area is 109 Å². The van der Waals surface area contributed by atoms with E-state index in [0.29, 0.717) is 12.1 Å². The largest absolute Gasteiger partial charge is 0.312 e. The van der Waals surface area contributed by atoms with Crippen LogP contribution in [-0.2, 0) is 6.42 Å². The molecule has 0 aromatic heterocycles. The highest BCUT2D eigenvalue weighted by Crippen LogP contribution is 2.12. The minimum atomic E-state index is -0.157. The van der Waals surface area contributed by atoms with Crippen molar-refractivity contribution in [1.82, 2.24) is 10.2 Å². The first-order chi connectivity index (χ1) is 8.65. The van der Waals surface area contributed by atoms with Crippen LogP contribution in [0.5, 0.6) is 0 Å². The molecule has 1 fully saturated rings. The fourth-order valence-corrected chi connectivity index (χ4v) is 2.49. The lowest BCUT2D eigenvalue weighted by Gasteiger charge is -2.20. The number of hydrogen-bond donors (Lipinski definition) is 1. The molecule has 1 saturated heterocycles. The maximum absolute atomic E-state index is 12.8. The molecule has 0 aliphatic carbocycles. The molecule has 1 aromatic rings. The van der Waals surface area contributed by atoms with Gasteiger partial charge >= 0.3 is 0 Å². The molecular weight excluding hydrogens is 227 g/mol. The molecular formula is C15H23FN2. The molecule has 0 spiro atoms. The molecule has 1 aliphatic rings. The third-order valence-corrected chi connectivity index (χ3v) is 3.71. The van der Waals surface area contributed by atoms with Crippen molar-refractivity contribution in [2.75, 3.05) is 19.6 Å². The predicted molar refractivity (Wildman–Crippen MR) is 73.2 cm³/mol. The van der Waals surface area contributed by atoms with Crippen molar-refractivity contribution in [3.05, 3.63) is 35.6 Å². The number of hydrogen-bond acceptors (Lipinski definition) is 2. The van der Waals surface area contributed by atoms with E-state index in [1.165, 1.54) is 30.7 Å². The van der Waals surface area contributed by atoms with Crippen LogP contribution in [0.3, 0.4) is 0 Å². The van der Waals surface area contributed by atoms with E-state index in [1.54, 1.807) is 0 Å². The van der Waals surface area contributed by atoms with E-state index >= 15 is 0 Å². The maximum atomic E-state index is 12.8. The van der Waals surface area contributed by atoms with Crippen molar-refractivity contribution in [2.45, 2.75) is 38.8 Å². The lowest BCUT2D eigenvalue weighted by Crippen LogP contribution is -2.36. The lowest BCUT2D eigenvalue weighted by atomic mass is 10.1. The molecule has 1 atom stereocenters. The molecule has 0 radical (unpaired) electrons. The monoisotopic (exact) mass is 250 g/mol. The normalized spacial score (nSPS) is 20.8. The molecule has 1 aromatic carbocycles. The third-order valence-electron chi connectivity index (χ3n) is 3.71. The highest BCUT2D eigenvalue weighted by molar-refractivity contribution is 5.16. The van der Waals surface area contributed by atoms with E-state index in [1.807, 2.05) is 12.1 Å². The van der Waals surface area contributed by atoms with Crippen LogP contribution >= 0.6 is 0 Å². The van der Waals surface area contributed by atoms with Crippen LogP contribution in [0.1, 0.15) is 25.8 Å². The van der Waals surface area contributed by atoms with Crippen LogP contribution in [-0.4, -0.2) is 36.6 Å². The van der Waals surface area contributed by atoms with Gasteiger partial charge in [0, 0.05) is 18.6 Å². The molecule has 2 nitrogen and oxygen atoms in total. The Bertz CT molecular complexity index is 361. The Morgan fingerprint density at radius 3 is 2.67 bits per heavy atom. The molecule has 18 heavy (non-hydrogen) atoms. The van der Waals surface area contributed by atoms with Gasteiger partial charge in [-0.1, -0.05) is 12.1 Å². The SMILES string of the molecule is CC(C)N1CCC(NCCc2ccc(F)cc2)C1. The predicted octanol–water partition coefficient (Wildman–Crippen LogP) is 2.44. The topological polar surface area (TPSA) is 15.3 Å². The molecule has 1 aliphatic heterocycles. The van der Waals surface area contributed by atoms with Gasteiger partial charge in [0.05, 0.1) is 0 Å². The van der Waals surface area contributed by atoms with E-state index < -0.39 is 0 Å². The van der Waals surface area contributed by atoms with Crippen molar-refractivity contribution in [2.24, 2.45) is 0 Å². The number of rotatable bonds is 5. The fourth-order valence-electron chi connectivity index (χ4n) is 2.49. The second kappa shape index (κ2) is 6.30. The van der Waals surface area contributed by atoms with Gasteiger partial charge in [0.1, 0.15) is 5.82 Å². The first kappa shape index (κ1) is 13.5. The molecule has 2 rings (SSSR count). The first-order valence-corrected chi connectivity index (χ1v) is 6.87. The van der Waals surface area contributed by atoms with Crippen molar-refractivity contribution in [1.29, 1.82) is 0 Å². The van der Waals surface area contributed by atoms with E-state index in [2.05, 4.69) is 24.1 Å². The summed E-state index contributed by atoms with van der Waals surface area (Å²) in [4.78, 5) is 2.51. The van der Waals surface area contributed by atoms with Crippen molar-refractivity contribution in [3.8, 4) is 0 Å². The highest BCUT2D eigenvalue weighted by atomic mass is 19.1. The molecule has 100 valence electrons. The van der Waals surface area contributed by atoms with E-state index in [4.69, 9.17) is 0 Å². The molecule has 0 bridgehead atoms. The minimum Gasteiger partial charge on any atom is -0.312 e. The van der Waals surface area contributed by atoms with Crippen LogP contribution < -0.4 is 5.32 Å². The number of halogens is 1. The summed E-state index contributed by atoms with van der Waals surface area (Å²) in [5, 5.41) is 3.59. The zero-order valence-corrected chi connectivity index (χ0v) is 11.3. The zero-order valence-electron chi connectivity index (χ0n) is 11.3. The molecule has 3 heteroatoms. The second-order valence-corrected chi connectivity index (χ2v) is 5.40. The summed E-state index contributed by atoms with van der Waals surface area (Å²) in [6, 6.07) is 8.07. The van der Waals surface area contributed by atoms with Crippen LogP contribution in [0, 0.1) is 5.82 Å². The van der Waals surface area contributed by atoms with Crippen molar-refractivity contribution >= 4 is 0 Å². The number of likely N-dealkylation sites (tertiary alicyclic amines) is 1. The summed E-state index contributed by atoms with van der Waals surface area (Å²) in [5.41, 5.74) is 1.20. The summed E-state index contributed by atoms with van der Waals surface area (Å²) in [6.45, 7) is 7.83. The molecule has 0 saturated carbocycles. The second-order valence-electron chi connectivity index (χ2n) is 5.40. The number of benzene rings is 1. The summed E-state index contributed by atoms with van der Waals surface area (Å²) < 4.78 is 12.8. The third kappa shape index (κ3) is 3.79. The van der Waals surface area contributed by atoms with Gasteiger partial charge in [-0.15, -0.1) is 0 Å². The fraction of sp³-hybridized carbons (Fsp3) is 0.600. The Morgan fingerprint density at radius 2 is 2.06 bits per heavy atom. The van der Waals surface area contributed by atoms with Gasteiger partial charge in [-0.3, -0.25) is 4.90 Å².